The topological polar surface area (TPSA) is 83.8 Å². The highest BCUT2D eigenvalue weighted by Gasteiger charge is 2.31. The Morgan fingerprint density at radius 1 is 1.30 bits per heavy atom. The Morgan fingerprint density at radius 2 is 2.04 bits per heavy atom. The fraction of sp³-hybridized carbons (Fsp3) is 0.222. The Morgan fingerprint density at radius 3 is 2.70 bits per heavy atom. The van der Waals surface area contributed by atoms with Gasteiger partial charge in [0.2, 0.25) is 11.9 Å². The Kier molecular flexibility index (Phi) is 4.77. The van der Waals surface area contributed by atoms with E-state index in [0.717, 1.165) is 12.1 Å². The van der Waals surface area contributed by atoms with Gasteiger partial charge in [-0.05, 0) is 36.8 Å². The van der Waals surface area contributed by atoms with Crippen LogP contribution < -0.4 is 11.1 Å². The highest BCUT2D eigenvalue weighted by Crippen LogP contribution is 2.32. The van der Waals surface area contributed by atoms with E-state index in [9.17, 15) is 22.4 Å². The van der Waals surface area contributed by atoms with Crippen molar-refractivity contribution < 1.29 is 22.4 Å². The van der Waals surface area contributed by atoms with Crippen LogP contribution in [0.1, 0.15) is 29.2 Å². The summed E-state index contributed by atoms with van der Waals surface area (Å²) < 4.78 is 52.6. The van der Waals surface area contributed by atoms with Gasteiger partial charge < -0.3 is 16.0 Å². The Hall–Kier alpha value is -3.10. The van der Waals surface area contributed by atoms with E-state index in [1.807, 2.05) is 0 Å². The van der Waals surface area contributed by atoms with E-state index < -0.39 is 29.5 Å². The van der Waals surface area contributed by atoms with Crippen LogP contribution in [0.4, 0.5) is 23.5 Å². The van der Waals surface area contributed by atoms with Gasteiger partial charge in [0.15, 0.2) is 0 Å². The Bertz CT molecular complexity index is 997. The van der Waals surface area contributed by atoms with Crippen LogP contribution in [0.3, 0.4) is 0 Å². The molecule has 0 aliphatic heterocycles. The molecule has 0 aliphatic rings. The number of benzene rings is 2. The maximum atomic E-state index is 13.7. The fourth-order valence-electron chi connectivity index (χ4n) is 2.81. The summed E-state index contributed by atoms with van der Waals surface area (Å²) in [4.78, 5) is 18.6. The molecule has 3 aromatic rings. The zero-order valence-corrected chi connectivity index (χ0v) is 14.2. The van der Waals surface area contributed by atoms with Crippen molar-refractivity contribution in [3.63, 3.8) is 0 Å². The van der Waals surface area contributed by atoms with Crippen molar-refractivity contribution in [2.45, 2.75) is 25.6 Å². The lowest BCUT2D eigenvalue weighted by Gasteiger charge is -2.18. The van der Waals surface area contributed by atoms with Crippen LogP contribution in [0.25, 0.3) is 11.0 Å². The number of anilines is 1. The van der Waals surface area contributed by atoms with Gasteiger partial charge in [0.05, 0.1) is 29.1 Å². The number of imidazole rings is 1. The molecular weight excluding hydrogens is 364 g/mol. The highest BCUT2D eigenvalue weighted by atomic mass is 19.4. The first-order valence-corrected chi connectivity index (χ1v) is 8.02. The van der Waals surface area contributed by atoms with E-state index in [2.05, 4.69) is 15.3 Å². The van der Waals surface area contributed by atoms with Crippen molar-refractivity contribution in [1.29, 1.82) is 0 Å². The number of rotatable bonds is 5. The number of fused-ring (bicyclic) bond motifs is 1. The van der Waals surface area contributed by atoms with Gasteiger partial charge in [0.1, 0.15) is 5.82 Å². The zero-order valence-electron chi connectivity index (χ0n) is 14.2. The molecule has 0 bridgehead atoms. The predicted octanol–water partition coefficient (Wildman–Crippen LogP) is 4.06. The predicted molar refractivity (Wildman–Crippen MR) is 92.4 cm³/mol. The first-order chi connectivity index (χ1) is 12.6. The summed E-state index contributed by atoms with van der Waals surface area (Å²) in [6, 6.07) is 6.56. The number of aromatic nitrogens is 2. The van der Waals surface area contributed by atoms with Crippen molar-refractivity contribution in [3.05, 3.63) is 58.9 Å². The molecule has 3 rings (SSSR count). The van der Waals surface area contributed by atoms with Crippen LogP contribution in [0.5, 0.6) is 0 Å². The summed E-state index contributed by atoms with van der Waals surface area (Å²) in [6.07, 6.45) is -4.76. The first kappa shape index (κ1) is 18.7. The van der Waals surface area contributed by atoms with Gasteiger partial charge in [-0.2, -0.15) is 13.2 Å². The number of nitrogens with zero attached hydrogens (tertiary/aromatic N) is 1. The minimum absolute atomic E-state index is 0.197. The van der Waals surface area contributed by atoms with Crippen molar-refractivity contribution in [2.75, 3.05) is 5.32 Å². The number of aryl methyl sites for hydroxylation is 1. The largest absolute Gasteiger partial charge is 0.416 e. The smallest absolute Gasteiger partial charge is 0.370 e. The molecule has 2 aromatic carbocycles. The number of primary amides is 1. The molecule has 0 spiro atoms. The van der Waals surface area contributed by atoms with E-state index >= 15 is 0 Å². The second-order valence-electron chi connectivity index (χ2n) is 6.14. The molecule has 27 heavy (non-hydrogen) atoms. The van der Waals surface area contributed by atoms with Gasteiger partial charge in [0, 0.05) is 5.56 Å². The molecular formula is C18H16F4N4O. The quantitative estimate of drug-likeness (QED) is 0.584. The third kappa shape index (κ3) is 4.02. The number of alkyl halides is 3. The van der Waals surface area contributed by atoms with Crippen molar-refractivity contribution >= 4 is 22.9 Å². The molecule has 4 N–H and O–H groups in total. The molecule has 1 amide bonds. The Balaban J connectivity index is 1.97. The first-order valence-electron chi connectivity index (χ1n) is 8.02. The number of halogens is 4. The molecule has 0 saturated heterocycles. The molecule has 1 atom stereocenters. The number of carbonyl (C=O) groups is 1. The third-order valence-corrected chi connectivity index (χ3v) is 4.17. The van der Waals surface area contributed by atoms with E-state index in [1.165, 1.54) is 24.3 Å². The molecule has 0 aliphatic carbocycles. The summed E-state index contributed by atoms with van der Waals surface area (Å²) in [5, 5.41) is 2.88. The number of nitrogens with two attached hydrogens (primary N) is 1. The van der Waals surface area contributed by atoms with Crippen molar-refractivity contribution in [3.8, 4) is 0 Å². The van der Waals surface area contributed by atoms with Crippen LogP contribution in [-0.2, 0) is 11.0 Å². The number of hydrogen-bond acceptors (Lipinski definition) is 3. The SMILES string of the molecule is Cc1c(F)ccc2[nH]c(NC(CC(N)=O)c3cccc(C(F)(F)F)c3)nc12. The van der Waals surface area contributed by atoms with Crippen LogP contribution in [0, 0.1) is 12.7 Å². The number of nitrogens with one attached hydrogen (secondary N) is 2. The summed E-state index contributed by atoms with van der Waals surface area (Å²) in [6.45, 7) is 1.57. The second kappa shape index (κ2) is 6.90. The molecule has 1 heterocycles. The summed E-state index contributed by atoms with van der Waals surface area (Å²) in [5.41, 5.74) is 5.92. The van der Waals surface area contributed by atoms with Gasteiger partial charge in [-0.15, -0.1) is 0 Å². The van der Waals surface area contributed by atoms with Crippen LogP contribution in [0.2, 0.25) is 0 Å². The summed E-state index contributed by atoms with van der Waals surface area (Å²) in [7, 11) is 0. The van der Waals surface area contributed by atoms with Gasteiger partial charge >= 0.3 is 6.18 Å². The lowest BCUT2D eigenvalue weighted by Crippen LogP contribution is -2.21. The normalized spacial score (nSPS) is 12.9. The molecule has 0 fully saturated rings. The van der Waals surface area contributed by atoms with Crippen LogP contribution >= 0.6 is 0 Å². The number of carbonyl (C=O) groups excluding carboxylic acids is 1. The number of amides is 1. The highest BCUT2D eigenvalue weighted by molar-refractivity contribution is 5.81. The van der Waals surface area contributed by atoms with Crippen LogP contribution in [0.15, 0.2) is 36.4 Å². The molecule has 142 valence electrons. The van der Waals surface area contributed by atoms with Gasteiger partial charge in [-0.3, -0.25) is 4.79 Å². The fourth-order valence-corrected chi connectivity index (χ4v) is 2.81. The van der Waals surface area contributed by atoms with E-state index in [4.69, 9.17) is 5.73 Å². The number of H-pyrrole nitrogens is 1. The molecule has 0 saturated carbocycles. The van der Waals surface area contributed by atoms with Crippen LogP contribution in [-0.4, -0.2) is 15.9 Å². The minimum atomic E-state index is -4.51. The number of hydrogen-bond donors (Lipinski definition) is 3. The lowest BCUT2D eigenvalue weighted by atomic mass is 10.0. The average Bonchev–Trinajstić information content (AvgIpc) is 3.00. The molecule has 5 nitrogen and oxygen atoms in total. The standard InChI is InChI=1S/C18H16F4N4O/c1-9-12(19)5-6-13-16(9)26-17(24-13)25-14(8-15(23)27)10-3-2-4-11(7-10)18(20,21)22/h2-7,14H,8H2,1H3,(H2,23,27)(H2,24,25,26). The third-order valence-electron chi connectivity index (χ3n) is 4.17. The maximum Gasteiger partial charge on any atom is 0.416 e. The van der Waals surface area contributed by atoms with Crippen molar-refractivity contribution in [2.24, 2.45) is 5.73 Å². The monoisotopic (exact) mass is 380 g/mol. The van der Waals surface area contributed by atoms with Gasteiger partial charge in [0.25, 0.3) is 0 Å². The van der Waals surface area contributed by atoms with Crippen molar-refractivity contribution in [1.82, 2.24) is 9.97 Å². The van der Waals surface area contributed by atoms with E-state index in [0.29, 0.717) is 16.6 Å². The van der Waals surface area contributed by atoms with E-state index in [1.54, 1.807) is 6.92 Å². The average molecular weight is 380 g/mol. The van der Waals surface area contributed by atoms with Gasteiger partial charge in [-0.1, -0.05) is 12.1 Å². The van der Waals surface area contributed by atoms with Gasteiger partial charge in [-0.25, -0.2) is 9.37 Å². The van der Waals surface area contributed by atoms with E-state index in [-0.39, 0.29) is 17.9 Å². The molecule has 1 unspecified atom stereocenters. The lowest BCUT2D eigenvalue weighted by molar-refractivity contribution is -0.137. The summed E-state index contributed by atoms with van der Waals surface area (Å²) in [5.74, 6) is -0.919. The second-order valence-corrected chi connectivity index (χ2v) is 6.14. The number of aromatic amines is 1. The molecule has 1 aromatic heterocycles. The summed E-state index contributed by atoms with van der Waals surface area (Å²) >= 11 is 0. The minimum Gasteiger partial charge on any atom is -0.370 e. The molecule has 0 radical (unpaired) electrons. The molecule has 9 heteroatoms. The zero-order chi connectivity index (χ0) is 19.8. The maximum absolute atomic E-state index is 13.7. The Labute approximate surface area is 151 Å².